The molecule has 17 heavy (non-hydrogen) atoms. The molecule has 0 aromatic carbocycles. The van der Waals surface area contributed by atoms with Gasteiger partial charge < -0.3 is 10.2 Å². The van der Waals surface area contributed by atoms with Gasteiger partial charge in [-0.1, -0.05) is 13.5 Å². The molecule has 1 heterocycles. The van der Waals surface area contributed by atoms with E-state index in [2.05, 4.69) is 17.0 Å². The number of hydrogen-bond acceptors (Lipinski definition) is 4. The molecule has 0 spiro atoms. The van der Waals surface area contributed by atoms with Crippen LogP contribution in [-0.2, 0) is 6.54 Å². The van der Waals surface area contributed by atoms with Gasteiger partial charge in [0.25, 0.3) is 5.56 Å². The molecule has 1 aromatic rings. The van der Waals surface area contributed by atoms with Crippen LogP contribution in [-0.4, -0.2) is 37.0 Å². The minimum Gasteiger partial charge on any atom is -0.376 e. The van der Waals surface area contributed by atoms with Crippen molar-refractivity contribution in [2.45, 2.75) is 13.5 Å². The Morgan fingerprint density at radius 1 is 1.59 bits per heavy atom. The molecule has 0 aliphatic carbocycles. The smallest absolute Gasteiger partial charge is 0.269 e. The number of aromatic nitrogens is 2. The molecule has 0 saturated heterocycles. The quantitative estimate of drug-likeness (QED) is 0.730. The Morgan fingerprint density at radius 3 is 2.82 bits per heavy atom. The lowest BCUT2D eigenvalue weighted by Gasteiger charge is -2.13. The van der Waals surface area contributed by atoms with Crippen LogP contribution >= 0.6 is 0 Å². The van der Waals surface area contributed by atoms with Gasteiger partial charge in [0.2, 0.25) is 0 Å². The van der Waals surface area contributed by atoms with Crippen LogP contribution in [0, 0.1) is 0 Å². The van der Waals surface area contributed by atoms with E-state index >= 15 is 0 Å². The molecule has 0 aliphatic rings. The highest BCUT2D eigenvalue weighted by molar-refractivity contribution is 5.40. The minimum atomic E-state index is -0.103. The van der Waals surface area contributed by atoms with Crippen LogP contribution in [0.15, 0.2) is 29.2 Å². The maximum absolute atomic E-state index is 11.8. The molecule has 0 radical (unpaired) electrons. The molecule has 5 heteroatoms. The Labute approximate surface area is 102 Å². The highest BCUT2D eigenvalue weighted by Gasteiger charge is 2.03. The fourth-order valence-corrected chi connectivity index (χ4v) is 1.36. The summed E-state index contributed by atoms with van der Waals surface area (Å²) in [4.78, 5) is 13.6. The van der Waals surface area contributed by atoms with Crippen molar-refractivity contribution in [1.29, 1.82) is 0 Å². The first-order valence-corrected chi connectivity index (χ1v) is 5.66. The van der Waals surface area contributed by atoms with Gasteiger partial charge in [-0.15, -0.1) is 0 Å². The first-order valence-electron chi connectivity index (χ1n) is 5.66. The number of anilines is 1. The number of nitrogens with zero attached hydrogens (tertiary/aromatic N) is 3. The number of rotatable bonds is 6. The van der Waals surface area contributed by atoms with Crippen molar-refractivity contribution in [3.8, 4) is 0 Å². The van der Waals surface area contributed by atoms with Crippen molar-refractivity contribution in [2.75, 3.05) is 32.1 Å². The summed E-state index contributed by atoms with van der Waals surface area (Å²) >= 11 is 0. The maximum Gasteiger partial charge on any atom is 0.269 e. The van der Waals surface area contributed by atoms with Gasteiger partial charge >= 0.3 is 0 Å². The van der Waals surface area contributed by atoms with Gasteiger partial charge in [-0.2, -0.15) is 5.10 Å². The first-order chi connectivity index (χ1) is 8.04. The minimum absolute atomic E-state index is 0.103. The fraction of sp³-hybridized carbons (Fsp3) is 0.500. The van der Waals surface area contributed by atoms with Crippen LogP contribution in [0.25, 0.3) is 0 Å². The first kappa shape index (κ1) is 13.4. The van der Waals surface area contributed by atoms with Crippen LogP contribution in [0.2, 0.25) is 0 Å². The van der Waals surface area contributed by atoms with E-state index in [-0.39, 0.29) is 5.56 Å². The Kier molecular flexibility index (Phi) is 4.90. The monoisotopic (exact) mass is 236 g/mol. The van der Waals surface area contributed by atoms with E-state index in [1.54, 1.807) is 12.3 Å². The number of nitrogens with one attached hydrogen (secondary N) is 1. The van der Waals surface area contributed by atoms with E-state index in [4.69, 9.17) is 0 Å². The topological polar surface area (TPSA) is 50.2 Å². The van der Waals surface area contributed by atoms with Gasteiger partial charge in [0, 0.05) is 26.7 Å². The average molecular weight is 236 g/mol. The second kappa shape index (κ2) is 6.20. The van der Waals surface area contributed by atoms with Gasteiger partial charge in [-0.3, -0.25) is 4.79 Å². The average Bonchev–Trinajstić information content (AvgIpc) is 2.28. The Balaban J connectivity index is 2.73. The van der Waals surface area contributed by atoms with Crippen molar-refractivity contribution < 1.29 is 0 Å². The van der Waals surface area contributed by atoms with Crippen LogP contribution in [0.3, 0.4) is 0 Å². The zero-order chi connectivity index (χ0) is 12.8. The lowest BCUT2D eigenvalue weighted by atomic mass is 10.3. The summed E-state index contributed by atoms with van der Waals surface area (Å²) in [5.41, 5.74) is 1.65. The van der Waals surface area contributed by atoms with Gasteiger partial charge in [0.15, 0.2) is 0 Å². The molecule has 1 aromatic heterocycles. The molecule has 0 atom stereocenters. The van der Waals surface area contributed by atoms with Gasteiger partial charge in [-0.05, 0) is 12.1 Å². The lowest BCUT2D eigenvalue weighted by molar-refractivity contribution is 0.609. The van der Waals surface area contributed by atoms with Crippen molar-refractivity contribution in [3.63, 3.8) is 0 Å². The van der Waals surface area contributed by atoms with E-state index in [0.29, 0.717) is 13.1 Å². The molecule has 94 valence electrons. The molecule has 1 rings (SSSR count). The third kappa shape index (κ3) is 4.03. The summed E-state index contributed by atoms with van der Waals surface area (Å²) in [7, 11) is 3.76. The normalized spacial score (nSPS) is 10.3. The number of likely N-dealkylation sites (N-methyl/N-ethyl adjacent to an activating group) is 1. The second-order valence-corrected chi connectivity index (χ2v) is 4.13. The standard InChI is InChI=1S/C12H20N4O/c1-5-13-7-10(2)9-16-12(17)6-11(8-14-16)15(3)4/h6,8,13H,2,5,7,9H2,1,3-4H3. The summed E-state index contributed by atoms with van der Waals surface area (Å²) < 4.78 is 1.42. The summed E-state index contributed by atoms with van der Waals surface area (Å²) in [5, 5.41) is 7.29. The Hall–Kier alpha value is -1.62. The highest BCUT2D eigenvalue weighted by atomic mass is 16.1. The number of hydrogen-bond donors (Lipinski definition) is 1. The summed E-state index contributed by atoms with van der Waals surface area (Å²) in [5.74, 6) is 0. The zero-order valence-corrected chi connectivity index (χ0v) is 10.7. The molecule has 0 unspecified atom stereocenters. The van der Waals surface area contributed by atoms with E-state index < -0.39 is 0 Å². The van der Waals surface area contributed by atoms with E-state index in [0.717, 1.165) is 17.8 Å². The highest BCUT2D eigenvalue weighted by Crippen LogP contribution is 2.03. The third-order valence-corrected chi connectivity index (χ3v) is 2.37. The maximum atomic E-state index is 11.8. The fourth-order valence-electron chi connectivity index (χ4n) is 1.36. The Bertz CT molecular complexity index is 436. The molecule has 1 N–H and O–H groups in total. The van der Waals surface area contributed by atoms with E-state index in [1.165, 1.54) is 4.68 Å². The van der Waals surface area contributed by atoms with Crippen LogP contribution < -0.4 is 15.8 Å². The Morgan fingerprint density at radius 2 is 2.29 bits per heavy atom. The van der Waals surface area contributed by atoms with Crippen LogP contribution in [0.4, 0.5) is 5.69 Å². The lowest BCUT2D eigenvalue weighted by Crippen LogP contribution is -2.27. The molecule has 0 amide bonds. The largest absolute Gasteiger partial charge is 0.376 e. The summed E-state index contributed by atoms with van der Waals surface area (Å²) in [6.45, 7) is 8.00. The molecular weight excluding hydrogens is 216 g/mol. The molecular formula is C12H20N4O. The van der Waals surface area contributed by atoms with Crippen molar-refractivity contribution >= 4 is 5.69 Å². The summed E-state index contributed by atoms with van der Waals surface area (Å²) in [6.07, 6.45) is 1.68. The second-order valence-electron chi connectivity index (χ2n) is 4.13. The third-order valence-electron chi connectivity index (χ3n) is 2.37. The zero-order valence-electron chi connectivity index (χ0n) is 10.7. The van der Waals surface area contributed by atoms with Crippen molar-refractivity contribution in [3.05, 3.63) is 34.8 Å². The molecule has 5 nitrogen and oxygen atoms in total. The molecule has 0 saturated carbocycles. The van der Waals surface area contributed by atoms with E-state index in [1.807, 2.05) is 25.9 Å². The predicted molar refractivity (Wildman–Crippen MR) is 70.5 cm³/mol. The summed E-state index contributed by atoms with van der Waals surface area (Å²) in [6, 6.07) is 1.58. The molecule has 0 aliphatic heterocycles. The molecule has 0 bridgehead atoms. The van der Waals surface area contributed by atoms with Gasteiger partial charge in [0.1, 0.15) is 0 Å². The van der Waals surface area contributed by atoms with Gasteiger partial charge in [-0.25, -0.2) is 4.68 Å². The van der Waals surface area contributed by atoms with Crippen LogP contribution in [0.5, 0.6) is 0 Å². The van der Waals surface area contributed by atoms with Crippen molar-refractivity contribution in [2.24, 2.45) is 0 Å². The molecule has 0 fully saturated rings. The predicted octanol–water partition coefficient (Wildman–Crippen LogP) is 0.475. The van der Waals surface area contributed by atoms with Crippen LogP contribution in [0.1, 0.15) is 6.92 Å². The SMILES string of the molecule is C=C(CNCC)Cn1ncc(N(C)C)cc1=O. The van der Waals surface area contributed by atoms with E-state index in [9.17, 15) is 4.79 Å². The van der Waals surface area contributed by atoms with Gasteiger partial charge in [0.05, 0.1) is 18.4 Å². The van der Waals surface area contributed by atoms with Crippen molar-refractivity contribution in [1.82, 2.24) is 15.1 Å².